The molecule has 4 nitrogen and oxygen atoms in total. The van der Waals surface area contributed by atoms with Gasteiger partial charge in [0.15, 0.2) is 0 Å². The maximum absolute atomic E-state index is 12.7. The summed E-state index contributed by atoms with van der Waals surface area (Å²) in [6.45, 7) is 3.23. The average molecular weight is 338 g/mol. The van der Waals surface area contributed by atoms with Gasteiger partial charge in [-0.25, -0.2) is 0 Å². The number of carbonyl (C=O) groups is 1. The summed E-state index contributed by atoms with van der Waals surface area (Å²) in [5.41, 5.74) is 3.85. The third kappa shape index (κ3) is 4.91. The molecule has 1 aliphatic heterocycles. The van der Waals surface area contributed by atoms with Crippen LogP contribution in [0.3, 0.4) is 0 Å². The van der Waals surface area contributed by atoms with Gasteiger partial charge in [0.2, 0.25) is 5.91 Å². The van der Waals surface area contributed by atoms with Gasteiger partial charge in [-0.2, -0.15) is 0 Å². The number of fused-ring (bicyclic) bond motifs is 1. The smallest absolute Gasteiger partial charge is 0.237 e. The summed E-state index contributed by atoms with van der Waals surface area (Å²) in [6.07, 6.45) is 1.81. The van der Waals surface area contributed by atoms with Gasteiger partial charge in [-0.1, -0.05) is 54.6 Å². The molecule has 0 fully saturated rings. The molecule has 1 amide bonds. The highest BCUT2D eigenvalue weighted by atomic mass is 16.3. The second kappa shape index (κ2) is 8.79. The molecule has 0 saturated carbocycles. The molecule has 3 rings (SSSR count). The second-order valence-electron chi connectivity index (χ2n) is 6.57. The first-order chi connectivity index (χ1) is 12.3. The zero-order chi connectivity index (χ0) is 17.5. The van der Waals surface area contributed by atoms with Gasteiger partial charge >= 0.3 is 0 Å². The van der Waals surface area contributed by atoms with E-state index in [1.807, 2.05) is 29.2 Å². The van der Waals surface area contributed by atoms with Crippen LogP contribution in [0.5, 0.6) is 0 Å². The Labute approximate surface area is 149 Å². The summed E-state index contributed by atoms with van der Waals surface area (Å²) in [7, 11) is 0. The molecule has 0 spiro atoms. The Morgan fingerprint density at radius 2 is 1.72 bits per heavy atom. The van der Waals surface area contributed by atoms with Crippen LogP contribution in [0.1, 0.15) is 16.7 Å². The molecule has 2 aromatic rings. The predicted molar refractivity (Wildman–Crippen MR) is 99.2 cm³/mol. The van der Waals surface area contributed by atoms with E-state index in [9.17, 15) is 9.90 Å². The number of hydrogen-bond acceptors (Lipinski definition) is 3. The molecular formula is C21H26N2O2. The van der Waals surface area contributed by atoms with Crippen molar-refractivity contribution in [3.05, 3.63) is 71.3 Å². The number of benzene rings is 2. The highest BCUT2D eigenvalue weighted by Crippen LogP contribution is 2.18. The summed E-state index contributed by atoms with van der Waals surface area (Å²) >= 11 is 0. The molecule has 0 bridgehead atoms. The summed E-state index contributed by atoms with van der Waals surface area (Å²) in [6, 6.07) is 18.6. The summed E-state index contributed by atoms with van der Waals surface area (Å²) in [5, 5.41) is 9.32. The molecular weight excluding hydrogens is 312 g/mol. The summed E-state index contributed by atoms with van der Waals surface area (Å²) in [4.78, 5) is 16.7. The van der Waals surface area contributed by atoms with Crippen molar-refractivity contribution < 1.29 is 9.90 Å². The molecule has 0 saturated heterocycles. The summed E-state index contributed by atoms with van der Waals surface area (Å²) < 4.78 is 0. The molecule has 1 aliphatic rings. The lowest BCUT2D eigenvalue weighted by atomic mass is 10.00. The monoisotopic (exact) mass is 338 g/mol. The van der Waals surface area contributed by atoms with Crippen molar-refractivity contribution in [3.8, 4) is 0 Å². The maximum atomic E-state index is 12.7. The lowest BCUT2D eigenvalue weighted by Gasteiger charge is -2.31. The van der Waals surface area contributed by atoms with Gasteiger partial charge in [0, 0.05) is 26.2 Å². The predicted octanol–water partition coefficient (Wildman–Crippen LogP) is 2.11. The van der Waals surface area contributed by atoms with Crippen LogP contribution < -0.4 is 0 Å². The number of nitrogens with zero attached hydrogens (tertiary/aromatic N) is 2. The molecule has 4 heteroatoms. The van der Waals surface area contributed by atoms with Crippen molar-refractivity contribution in [3.63, 3.8) is 0 Å². The Morgan fingerprint density at radius 1 is 1.00 bits per heavy atom. The van der Waals surface area contributed by atoms with Gasteiger partial charge in [-0.3, -0.25) is 9.69 Å². The number of aliphatic hydroxyl groups is 1. The van der Waals surface area contributed by atoms with E-state index in [4.69, 9.17) is 0 Å². The van der Waals surface area contributed by atoms with Crippen LogP contribution in [0.15, 0.2) is 54.6 Å². The number of amides is 1. The zero-order valence-electron chi connectivity index (χ0n) is 14.6. The van der Waals surface area contributed by atoms with Gasteiger partial charge < -0.3 is 10.0 Å². The fourth-order valence-electron chi connectivity index (χ4n) is 3.34. The highest BCUT2D eigenvalue weighted by molar-refractivity contribution is 5.78. The van der Waals surface area contributed by atoms with Crippen LogP contribution in [-0.2, 0) is 24.2 Å². The minimum Gasteiger partial charge on any atom is -0.395 e. The van der Waals surface area contributed by atoms with E-state index in [1.54, 1.807) is 0 Å². The molecule has 1 N–H and O–H groups in total. The van der Waals surface area contributed by atoms with Crippen molar-refractivity contribution >= 4 is 5.91 Å². The van der Waals surface area contributed by atoms with Crippen molar-refractivity contribution in [2.45, 2.75) is 19.4 Å². The van der Waals surface area contributed by atoms with Gasteiger partial charge in [0.25, 0.3) is 0 Å². The second-order valence-corrected chi connectivity index (χ2v) is 6.57. The largest absolute Gasteiger partial charge is 0.395 e. The third-order valence-electron chi connectivity index (χ3n) is 4.82. The van der Waals surface area contributed by atoms with E-state index in [0.717, 1.165) is 25.9 Å². The Bertz CT molecular complexity index is 687. The SMILES string of the molecule is O=C(CN(CCO)CCc1ccccc1)N1CCc2ccccc2C1. The normalized spacial score (nSPS) is 13.8. The number of rotatable bonds is 7. The molecule has 0 radical (unpaired) electrons. The molecule has 25 heavy (non-hydrogen) atoms. The van der Waals surface area contributed by atoms with E-state index in [0.29, 0.717) is 19.6 Å². The molecule has 0 atom stereocenters. The van der Waals surface area contributed by atoms with E-state index in [2.05, 4.69) is 35.2 Å². The fraction of sp³-hybridized carbons (Fsp3) is 0.381. The molecule has 0 unspecified atom stereocenters. The molecule has 0 aromatic heterocycles. The fourth-order valence-corrected chi connectivity index (χ4v) is 3.34. The Kier molecular flexibility index (Phi) is 6.20. The van der Waals surface area contributed by atoms with Crippen molar-refractivity contribution in [2.24, 2.45) is 0 Å². The lowest BCUT2D eigenvalue weighted by Crippen LogP contribution is -2.44. The van der Waals surface area contributed by atoms with Crippen LogP contribution in [0.4, 0.5) is 0 Å². The average Bonchev–Trinajstić information content (AvgIpc) is 2.66. The van der Waals surface area contributed by atoms with Crippen LogP contribution in [0, 0.1) is 0 Å². The maximum Gasteiger partial charge on any atom is 0.237 e. The van der Waals surface area contributed by atoms with Gasteiger partial charge in [-0.15, -0.1) is 0 Å². The topological polar surface area (TPSA) is 43.8 Å². The molecule has 132 valence electrons. The first-order valence-electron chi connectivity index (χ1n) is 8.98. The van der Waals surface area contributed by atoms with Crippen LogP contribution >= 0.6 is 0 Å². The molecule has 0 aliphatic carbocycles. The number of hydrogen-bond donors (Lipinski definition) is 1. The molecule has 1 heterocycles. The molecule has 2 aromatic carbocycles. The first-order valence-corrected chi connectivity index (χ1v) is 8.98. The standard InChI is InChI=1S/C21H26N2O2/c24-15-14-22(12-10-18-6-2-1-3-7-18)17-21(25)23-13-11-19-8-4-5-9-20(19)16-23/h1-9,24H,10-17H2. The van der Waals surface area contributed by atoms with E-state index in [-0.39, 0.29) is 12.5 Å². The van der Waals surface area contributed by atoms with Crippen LogP contribution in [-0.4, -0.2) is 53.6 Å². The highest BCUT2D eigenvalue weighted by Gasteiger charge is 2.22. The Morgan fingerprint density at radius 3 is 2.48 bits per heavy atom. The van der Waals surface area contributed by atoms with Gasteiger partial charge in [0.05, 0.1) is 13.2 Å². The van der Waals surface area contributed by atoms with Gasteiger partial charge in [-0.05, 0) is 29.5 Å². The third-order valence-corrected chi connectivity index (χ3v) is 4.82. The van der Waals surface area contributed by atoms with Gasteiger partial charge in [0.1, 0.15) is 0 Å². The van der Waals surface area contributed by atoms with Crippen LogP contribution in [0.2, 0.25) is 0 Å². The zero-order valence-corrected chi connectivity index (χ0v) is 14.6. The lowest BCUT2D eigenvalue weighted by molar-refractivity contribution is -0.133. The quantitative estimate of drug-likeness (QED) is 0.841. The Hall–Kier alpha value is -2.17. The first kappa shape index (κ1) is 17.6. The minimum atomic E-state index is 0.0743. The van der Waals surface area contributed by atoms with Crippen molar-refractivity contribution in [1.29, 1.82) is 0 Å². The number of aliphatic hydroxyl groups excluding tert-OH is 1. The van der Waals surface area contributed by atoms with E-state index in [1.165, 1.54) is 16.7 Å². The number of carbonyl (C=O) groups excluding carboxylic acids is 1. The van der Waals surface area contributed by atoms with E-state index < -0.39 is 0 Å². The van der Waals surface area contributed by atoms with Crippen molar-refractivity contribution in [2.75, 3.05) is 32.8 Å². The van der Waals surface area contributed by atoms with Crippen LogP contribution in [0.25, 0.3) is 0 Å². The van der Waals surface area contributed by atoms with Crippen molar-refractivity contribution in [1.82, 2.24) is 9.80 Å². The van der Waals surface area contributed by atoms with E-state index >= 15 is 0 Å². The Balaban J connectivity index is 1.55. The summed E-state index contributed by atoms with van der Waals surface area (Å²) in [5.74, 6) is 0.149. The minimum absolute atomic E-state index is 0.0743.